The van der Waals surface area contributed by atoms with Crippen LogP contribution < -0.4 is 10.2 Å². The van der Waals surface area contributed by atoms with Crippen molar-refractivity contribution < 1.29 is 19.2 Å². The maximum atomic E-state index is 13.0. The van der Waals surface area contributed by atoms with E-state index in [0.717, 1.165) is 19.3 Å². The van der Waals surface area contributed by atoms with Gasteiger partial charge in [-0.1, -0.05) is 0 Å². The molecule has 0 aromatic carbocycles. The van der Waals surface area contributed by atoms with Crippen LogP contribution in [0.2, 0.25) is 0 Å². The molecule has 0 unspecified atom stereocenters. The van der Waals surface area contributed by atoms with Gasteiger partial charge < -0.3 is 15.1 Å². The topological polar surface area (TPSA) is 103 Å². The van der Waals surface area contributed by atoms with Gasteiger partial charge in [-0.2, -0.15) is 0 Å². The standard InChI is InChI=1S/C23H27N5O4/c1-26-19-15(3-2-8-24-19)20(30)25-23(26)6-9-27(10-7-23)16(29)12-28-21(31)17-13-4-5-14(11-13)18(17)22(28)32/h2-3,8,13-14,17-18H,4-7,9-12H2,1H3,(H,25,30)/t13-,14-,17-,18-/m0/s1. The number of carbonyl (C=O) groups excluding carboxylic acids is 4. The zero-order valence-corrected chi connectivity index (χ0v) is 18.1. The fourth-order valence-electron chi connectivity index (χ4n) is 6.85. The normalized spacial score (nSPS) is 32.4. The third-order valence-corrected chi connectivity index (χ3v) is 8.59. The van der Waals surface area contributed by atoms with E-state index in [4.69, 9.17) is 0 Å². The quantitative estimate of drug-likeness (QED) is 0.680. The maximum absolute atomic E-state index is 13.0. The number of hydrogen-bond donors (Lipinski definition) is 1. The molecule has 1 spiro atoms. The summed E-state index contributed by atoms with van der Waals surface area (Å²) in [5.41, 5.74) is -0.0465. The number of aromatic nitrogens is 1. The van der Waals surface area contributed by atoms with Crippen LogP contribution in [-0.4, -0.2) is 70.8 Å². The highest BCUT2D eigenvalue weighted by Gasteiger charge is 2.61. The first-order chi connectivity index (χ1) is 15.4. The van der Waals surface area contributed by atoms with Crippen molar-refractivity contribution in [2.45, 2.75) is 37.8 Å². The monoisotopic (exact) mass is 437 g/mol. The summed E-state index contributed by atoms with van der Waals surface area (Å²) in [6.45, 7) is 0.726. The van der Waals surface area contributed by atoms with Crippen LogP contribution in [-0.2, 0) is 14.4 Å². The van der Waals surface area contributed by atoms with Gasteiger partial charge in [0.1, 0.15) is 18.0 Å². The number of nitrogens with one attached hydrogen (secondary N) is 1. The number of rotatable bonds is 2. The average Bonchev–Trinajstić information content (AvgIpc) is 3.48. The van der Waals surface area contributed by atoms with E-state index in [1.165, 1.54) is 4.90 Å². The van der Waals surface area contributed by atoms with Crippen LogP contribution in [0.3, 0.4) is 0 Å². The number of imide groups is 1. The summed E-state index contributed by atoms with van der Waals surface area (Å²) in [5.74, 6) is 0.251. The van der Waals surface area contributed by atoms with E-state index in [1.54, 1.807) is 23.2 Å². The minimum atomic E-state index is -0.593. The van der Waals surface area contributed by atoms with Gasteiger partial charge in [0.05, 0.1) is 17.4 Å². The first-order valence-corrected chi connectivity index (χ1v) is 11.5. The molecule has 1 N–H and O–H groups in total. The predicted octanol–water partition coefficient (Wildman–Crippen LogP) is 0.611. The molecule has 1 aromatic heterocycles. The lowest BCUT2D eigenvalue weighted by atomic mass is 9.81. The highest BCUT2D eigenvalue weighted by molar-refractivity contribution is 6.08. The largest absolute Gasteiger partial charge is 0.341 e. The minimum Gasteiger partial charge on any atom is -0.341 e. The summed E-state index contributed by atoms with van der Waals surface area (Å²) < 4.78 is 0. The van der Waals surface area contributed by atoms with E-state index >= 15 is 0 Å². The van der Waals surface area contributed by atoms with Crippen LogP contribution in [0.25, 0.3) is 0 Å². The van der Waals surface area contributed by atoms with Gasteiger partial charge in [0, 0.05) is 39.2 Å². The van der Waals surface area contributed by atoms with Crippen molar-refractivity contribution in [3.8, 4) is 0 Å². The van der Waals surface area contributed by atoms with Crippen LogP contribution in [0.15, 0.2) is 18.3 Å². The molecule has 168 valence electrons. The molecular weight excluding hydrogens is 410 g/mol. The number of nitrogens with zero attached hydrogens (tertiary/aromatic N) is 4. The molecule has 5 aliphatic rings. The summed E-state index contributed by atoms with van der Waals surface area (Å²) >= 11 is 0. The molecule has 2 aliphatic carbocycles. The highest BCUT2D eigenvalue weighted by Crippen LogP contribution is 2.56. The Balaban J connectivity index is 1.13. The van der Waals surface area contributed by atoms with Gasteiger partial charge in [-0.05, 0) is 43.2 Å². The molecule has 2 saturated heterocycles. The lowest BCUT2D eigenvalue weighted by Crippen LogP contribution is -2.67. The van der Waals surface area contributed by atoms with Crippen LogP contribution in [0.1, 0.15) is 42.5 Å². The molecule has 9 heteroatoms. The van der Waals surface area contributed by atoms with Gasteiger partial charge in [0.15, 0.2) is 0 Å². The third-order valence-electron chi connectivity index (χ3n) is 8.59. The number of likely N-dealkylation sites (tertiary alicyclic amines) is 2. The number of hydrogen-bond acceptors (Lipinski definition) is 6. The molecule has 32 heavy (non-hydrogen) atoms. The van der Waals surface area contributed by atoms with Crippen LogP contribution in [0.5, 0.6) is 0 Å². The fourth-order valence-corrected chi connectivity index (χ4v) is 6.85. The highest BCUT2D eigenvalue weighted by atomic mass is 16.2. The second-order valence-corrected chi connectivity index (χ2v) is 9.95. The lowest BCUT2D eigenvalue weighted by molar-refractivity contribution is -0.147. The summed E-state index contributed by atoms with van der Waals surface area (Å²) in [6.07, 6.45) is 5.81. The predicted molar refractivity (Wildman–Crippen MR) is 113 cm³/mol. The van der Waals surface area contributed by atoms with Crippen LogP contribution in [0.4, 0.5) is 5.82 Å². The molecule has 4 fully saturated rings. The zero-order chi connectivity index (χ0) is 22.2. The van der Waals surface area contributed by atoms with E-state index < -0.39 is 5.66 Å². The molecule has 3 aliphatic heterocycles. The molecule has 1 aromatic rings. The average molecular weight is 438 g/mol. The Kier molecular flexibility index (Phi) is 4.16. The van der Waals surface area contributed by atoms with Gasteiger partial charge in [0.25, 0.3) is 5.91 Å². The molecular formula is C23H27N5O4. The first kappa shape index (κ1) is 19.7. The Hall–Kier alpha value is -2.97. The van der Waals surface area contributed by atoms with Gasteiger partial charge in [-0.25, -0.2) is 4.98 Å². The molecule has 2 bridgehead atoms. The second kappa shape index (κ2) is 6.76. The fraction of sp³-hybridized carbons (Fsp3) is 0.609. The summed E-state index contributed by atoms with van der Waals surface area (Å²) in [4.78, 5) is 60.8. The molecule has 4 atom stereocenters. The van der Waals surface area contributed by atoms with E-state index in [0.29, 0.717) is 49.1 Å². The van der Waals surface area contributed by atoms with Crippen molar-refractivity contribution >= 4 is 29.4 Å². The van der Waals surface area contributed by atoms with Gasteiger partial charge in [-0.3, -0.25) is 24.1 Å². The van der Waals surface area contributed by atoms with Gasteiger partial charge in [-0.15, -0.1) is 0 Å². The van der Waals surface area contributed by atoms with Crippen molar-refractivity contribution in [1.29, 1.82) is 0 Å². The first-order valence-electron chi connectivity index (χ1n) is 11.5. The smallest absolute Gasteiger partial charge is 0.256 e. The van der Waals surface area contributed by atoms with Crippen LogP contribution >= 0.6 is 0 Å². The Labute approximate surface area is 186 Å². The molecule has 4 heterocycles. The Morgan fingerprint density at radius 2 is 1.78 bits per heavy atom. The summed E-state index contributed by atoms with van der Waals surface area (Å²) in [7, 11) is 1.91. The summed E-state index contributed by atoms with van der Waals surface area (Å²) in [6, 6.07) is 3.50. The van der Waals surface area contributed by atoms with Crippen molar-refractivity contribution in [3.63, 3.8) is 0 Å². The van der Waals surface area contributed by atoms with Crippen molar-refractivity contribution in [1.82, 2.24) is 20.1 Å². The number of amides is 4. The zero-order valence-electron chi connectivity index (χ0n) is 18.1. The number of piperidine rings is 1. The Bertz CT molecular complexity index is 1000. The number of anilines is 1. The second-order valence-electron chi connectivity index (χ2n) is 9.95. The van der Waals surface area contributed by atoms with E-state index in [9.17, 15) is 19.2 Å². The van der Waals surface area contributed by atoms with E-state index in [2.05, 4.69) is 10.3 Å². The summed E-state index contributed by atoms with van der Waals surface area (Å²) in [5, 5.41) is 3.12. The Morgan fingerprint density at radius 1 is 1.12 bits per heavy atom. The molecule has 2 saturated carbocycles. The Morgan fingerprint density at radius 3 is 2.44 bits per heavy atom. The number of pyridine rings is 1. The number of carbonyl (C=O) groups is 4. The third kappa shape index (κ3) is 2.59. The maximum Gasteiger partial charge on any atom is 0.256 e. The van der Waals surface area contributed by atoms with Gasteiger partial charge in [0.2, 0.25) is 17.7 Å². The van der Waals surface area contributed by atoms with Crippen molar-refractivity contribution in [2.24, 2.45) is 23.7 Å². The SMILES string of the molecule is CN1c2ncccc2C(=O)NC12CCN(C(=O)CN1C(=O)[C@H]3[C@H]4CC[C@@H](C4)[C@@H]3C1=O)CC2. The molecule has 9 nitrogen and oxygen atoms in total. The van der Waals surface area contributed by atoms with E-state index in [-0.39, 0.29) is 42.0 Å². The van der Waals surface area contributed by atoms with E-state index in [1.807, 2.05) is 11.9 Å². The molecule has 4 amide bonds. The lowest BCUT2D eigenvalue weighted by Gasteiger charge is -2.50. The minimum absolute atomic E-state index is 0.143. The number of fused-ring (bicyclic) bond motifs is 6. The van der Waals surface area contributed by atoms with Crippen molar-refractivity contribution in [2.75, 3.05) is 31.6 Å². The molecule has 0 radical (unpaired) electrons. The van der Waals surface area contributed by atoms with Crippen molar-refractivity contribution in [3.05, 3.63) is 23.9 Å². The molecule has 6 rings (SSSR count). The van der Waals surface area contributed by atoms with Gasteiger partial charge >= 0.3 is 0 Å². The van der Waals surface area contributed by atoms with Crippen LogP contribution in [0, 0.1) is 23.7 Å².